The van der Waals surface area contributed by atoms with Crippen molar-refractivity contribution in [2.45, 2.75) is 58.8 Å². The van der Waals surface area contributed by atoms with E-state index >= 15 is 0 Å². The van der Waals surface area contributed by atoms with Crippen molar-refractivity contribution in [2.75, 3.05) is 13.7 Å². The Morgan fingerprint density at radius 3 is 2.40 bits per heavy atom. The molecule has 1 aromatic heterocycles. The zero-order valence-corrected chi connectivity index (χ0v) is 21.3. The molecule has 2 aromatic carbocycles. The van der Waals surface area contributed by atoms with Gasteiger partial charge in [-0.1, -0.05) is 76.4 Å². The number of methoxy groups -OCH3 is 1. The van der Waals surface area contributed by atoms with Crippen LogP contribution < -0.4 is 9.47 Å². The Labute approximate surface area is 209 Å². The van der Waals surface area contributed by atoms with E-state index in [9.17, 15) is 9.90 Å². The van der Waals surface area contributed by atoms with Crippen LogP contribution in [0.1, 0.15) is 62.6 Å². The molecule has 0 amide bonds. The minimum absolute atomic E-state index is 0.269. The molecule has 2 atom stereocenters. The van der Waals surface area contributed by atoms with E-state index in [4.69, 9.17) is 9.47 Å². The molecule has 1 aliphatic heterocycles. The molecule has 1 N–H and O–H groups in total. The van der Waals surface area contributed by atoms with Gasteiger partial charge in [0.25, 0.3) is 0 Å². The summed E-state index contributed by atoms with van der Waals surface area (Å²) in [5.41, 5.74) is 5.59. The SMILES string of the molecule is C1CC1.CC.COc1cc(-c2ccc(C3COc4ccc(CC(C)C(=O)O)cc4C3)cc2)ccn1. The number of carboxylic acid groups (broad SMARTS) is 1. The number of aromatic nitrogens is 1. The summed E-state index contributed by atoms with van der Waals surface area (Å²) in [7, 11) is 1.61. The lowest BCUT2D eigenvalue weighted by Crippen LogP contribution is -2.19. The minimum atomic E-state index is -0.770. The van der Waals surface area contributed by atoms with E-state index in [1.165, 1.54) is 24.8 Å². The molecule has 0 saturated heterocycles. The fourth-order valence-electron chi connectivity index (χ4n) is 3.88. The maximum atomic E-state index is 11.2. The van der Waals surface area contributed by atoms with Gasteiger partial charge < -0.3 is 14.6 Å². The lowest BCUT2D eigenvalue weighted by molar-refractivity contribution is -0.141. The third-order valence-electron chi connectivity index (χ3n) is 6.01. The summed E-state index contributed by atoms with van der Waals surface area (Å²) in [6.45, 7) is 6.38. The van der Waals surface area contributed by atoms with Crippen molar-refractivity contribution in [1.29, 1.82) is 0 Å². The van der Waals surface area contributed by atoms with Gasteiger partial charge in [0.2, 0.25) is 5.88 Å². The Bertz CT molecular complexity index is 1090. The van der Waals surface area contributed by atoms with Crippen molar-refractivity contribution >= 4 is 5.97 Å². The average Bonchev–Trinajstić information content (AvgIpc) is 3.79. The molecule has 2 unspecified atom stereocenters. The molecule has 1 aliphatic carbocycles. The minimum Gasteiger partial charge on any atom is -0.493 e. The highest BCUT2D eigenvalue weighted by Gasteiger charge is 2.22. The van der Waals surface area contributed by atoms with Crippen LogP contribution in [0.15, 0.2) is 60.8 Å². The summed E-state index contributed by atoms with van der Waals surface area (Å²) in [4.78, 5) is 15.3. The van der Waals surface area contributed by atoms with E-state index in [0.29, 0.717) is 18.9 Å². The molecule has 2 aliphatic rings. The number of carboxylic acids is 1. The second-order valence-corrected chi connectivity index (χ2v) is 8.87. The van der Waals surface area contributed by atoms with Crippen LogP contribution in [0.4, 0.5) is 0 Å². The van der Waals surface area contributed by atoms with Crippen LogP contribution in [0.3, 0.4) is 0 Å². The van der Waals surface area contributed by atoms with E-state index in [1.807, 2.05) is 38.1 Å². The first-order chi connectivity index (χ1) is 17.0. The average molecular weight is 476 g/mol. The Hall–Kier alpha value is -3.34. The van der Waals surface area contributed by atoms with Crippen LogP contribution in [0.25, 0.3) is 11.1 Å². The fourth-order valence-corrected chi connectivity index (χ4v) is 3.88. The van der Waals surface area contributed by atoms with Gasteiger partial charge in [0.15, 0.2) is 0 Å². The number of fused-ring (bicyclic) bond motifs is 1. The third-order valence-corrected chi connectivity index (χ3v) is 6.01. The van der Waals surface area contributed by atoms with Gasteiger partial charge in [-0.3, -0.25) is 4.79 Å². The number of aliphatic carboxylic acids is 1. The normalized spacial score (nSPS) is 16.2. The quantitative estimate of drug-likeness (QED) is 0.418. The van der Waals surface area contributed by atoms with Crippen molar-refractivity contribution in [3.63, 3.8) is 0 Å². The summed E-state index contributed by atoms with van der Waals surface area (Å²) >= 11 is 0. The van der Waals surface area contributed by atoms with Gasteiger partial charge in [0, 0.05) is 18.2 Å². The van der Waals surface area contributed by atoms with Crippen molar-refractivity contribution in [3.05, 3.63) is 77.5 Å². The standard InChI is InChI=1S/C25H25NO4.C3H6.C2H6/c1-16(25(27)28)11-17-3-8-23-21(12-17)13-22(15-30-23)19-6-4-18(5-7-19)20-9-10-26-24(14-20)29-2;1-2-3-1;1-2/h3-10,12,14,16,22H,11,13,15H2,1-2H3,(H,27,28);1-3H2;1-2H3. The molecule has 5 rings (SSSR count). The molecule has 0 radical (unpaired) electrons. The number of hydrogen-bond acceptors (Lipinski definition) is 4. The van der Waals surface area contributed by atoms with Gasteiger partial charge in [0.05, 0.1) is 19.6 Å². The zero-order chi connectivity index (χ0) is 25.2. The van der Waals surface area contributed by atoms with Gasteiger partial charge in [-0.2, -0.15) is 0 Å². The van der Waals surface area contributed by atoms with E-state index in [2.05, 4.69) is 35.3 Å². The first-order valence-electron chi connectivity index (χ1n) is 12.6. The van der Waals surface area contributed by atoms with Crippen LogP contribution in [-0.4, -0.2) is 29.8 Å². The molecule has 5 heteroatoms. The smallest absolute Gasteiger partial charge is 0.306 e. The van der Waals surface area contributed by atoms with E-state index < -0.39 is 11.9 Å². The summed E-state index contributed by atoms with van der Waals surface area (Å²) < 4.78 is 11.2. The molecule has 0 bridgehead atoms. The number of hydrogen-bond donors (Lipinski definition) is 1. The highest BCUT2D eigenvalue weighted by Crippen LogP contribution is 2.34. The van der Waals surface area contributed by atoms with E-state index in [1.54, 1.807) is 20.2 Å². The van der Waals surface area contributed by atoms with Gasteiger partial charge in [-0.15, -0.1) is 0 Å². The molecule has 186 valence electrons. The van der Waals surface area contributed by atoms with E-state index in [0.717, 1.165) is 34.4 Å². The van der Waals surface area contributed by atoms with Crippen molar-refractivity contribution < 1.29 is 19.4 Å². The summed E-state index contributed by atoms with van der Waals surface area (Å²) in [6, 6.07) is 18.5. The first kappa shape index (κ1) is 26.3. The molecule has 35 heavy (non-hydrogen) atoms. The molecular formula is C30H37NO4. The largest absolute Gasteiger partial charge is 0.493 e. The van der Waals surface area contributed by atoms with Gasteiger partial charge in [-0.05, 0) is 52.8 Å². The number of ether oxygens (including phenoxy) is 2. The molecular weight excluding hydrogens is 438 g/mol. The number of carbonyl (C=O) groups is 1. The molecule has 3 aromatic rings. The van der Waals surface area contributed by atoms with Crippen LogP contribution >= 0.6 is 0 Å². The molecule has 5 nitrogen and oxygen atoms in total. The Morgan fingerprint density at radius 2 is 1.77 bits per heavy atom. The maximum Gasteiger partial charge on any atom is 0.306 e. The highest BCUT2D eigenvalue weighted by molar-refractivity contribution is 5.70. The predicted molar refractivity (Wildman–Crippen MR) is 140 cm³/mol. The van der Waals surface area contributed by atoms with Crippen molar-refractivity contribution in [2.24, 2.45) is 5.92 Å². The van der Waals surface area contributed by atoms with Gasteiger partial charge >= 0.3 is 5.97 Å². The van der Waals surface area contributed by atoms with Crippen LogP contribution in [0.2, 0.25) is 0 Å². The number of nitrogens with zero attached hydrogens (tertiary/aromatic N) is 1. The fraction of sp³-hybridized carbons (Fsp3) is 0.400. The molecule has 1 saturated carbocycles. The van der Waals surface area contributed by atoms with Gasteiger partial charge in [-0.25, -0.2) is 4.98 Å². The summed E-state index contributed by atoms with van der Waals surface area (Å²) in [5.74, 6) is 0.600. The molecule has 2 heterocycles. The Balaban J connectivity index is 0.000000622. The van der Waals surface area contributed by atoms with Crippen LogP contribution in [-0.2, 0) is 17.6 Å². The summed E-state index contributed by atoms with van der Waals surface area (Å²) in [5, 5.41) is 9.17. The Morgan fingerprint density at radius 1 is 1.06 bits per heavy atom. The zero-order valence-electron chi connectivity index (χ0n) is 21.3. The highest BCUT2D eigenvalue weighted by atomic mass is 16.5. The van der Waals surface area contributed by atoms with E-state index in [-0.39, 0.29) is 5.92 Å². The van der Waals surface area contributed by atoms with Crippen molar-refractivity contribution in [3.8, 4) is 22.8 Å². The Kier molecular flexibility index (Phi) is 9.71. The lowest BCUT2D eigenvalue weighted by Gasteiger charge is -2.26. The van der Waals surface area contributed by atoms with Gasteiger partial charge in [0.1, 0.15) is 5.75 Å². The summed E-state index contributed by atoms with van der Waals surface area (Å²) in [6.07, 6.45) is 7.65. The van der Waals surface area contributed by atoms with Crippen LogP contribution in [0.5, 0.6) is 11.6 Å². The number of rotatable bonds is 6. The third kappa shape index (κ3) is 7.57. The predicted octanol–water partition coefficient (Wildman–Crippen LogP) is 6.94. The second kappa shape index (κ2) is 12.9. The second-order valence-electron chi connectivity index (χ2n) is 8.87. The first-order valence-corrected chi connectivity index (χ1v) is 12.6. The maximum absolute atomic E-state index is 11.2. The monoisotopic (exact) mass is 475 g/mol. The lowest BCUT2D eigenvalue weighted by atomic mass is 9.88. The molecule has 0 spiro atoms. The number of benzene rings is 2. The van der Waals surface area contributed by atoms with Crippen molar-refractivity contribution in [1.82, 2.24) is 4.98 Å². The number of pyridine rings is 1. The van der Waals surface area contributed by atoms with Crippen LogP contribution in [0, 0.1) is 5.92 Å². The molecule has 1 fully saturated rings. The topological polar surface area (TPSA) is 68.7 Å².